The van der Waals surface area contributed by atoms with Crippen LogP contribution in [0, 0.1) is 6.92 Å². The van der Waals surface area contributed by atoms with Crippen molar-refractivity contribution in [3.8, 4) is 5.75 Å². The second-order valence-electron chi connectivity index (χ2n) is 7.54. The van der Waals surface area contributed by atoms with Crippen molar-refractivity contribution in [2.45, 2.75) is 46.0 Å². The van der Waals surface area contributed by atoms with E-state index in [-0.39, 0.29) is 32.0 Å². The Hall–Kier alpha value is -3.35. The van der Waals surface area contributed by atoms with Crippen LogP contribution in [0.5, 0.6) is 5.75 Å². The van der Waals surface area contributed by atoms with Gasteiger partial charge in [-0.25, -0.2) is 0 Å². The van der Waals surface area contributed by atoms with Gasteiger partial charge in [0.1, 0.15) is 5.75 Å². The highest BCUT2D eigenvalue weighted by atomic mass is 16.5. The number of esters is 1. The summed E-state index contributed by atoms with van der Waals surface area (Å²) in [5.74, 6) is -0.524. The number of nitrogens with one attached hydrogen (secondary N) is 2. The monoisotopic (exact) mass is 426 g/mol. The van der Waals surface area contributed by atoms with Crippen LogP contribution in [0.15, 0.2) is 48.5 Å². The zero-order chi connectivity index (χ0) is 22.6. The van der Waals surface area contributed by atoms with Crippen LogP contribution in [-0.4, -0.2) is 31.0 Å². The predicted octanol–water partition coefficient (Wildman–Crippen LogP) is 3.21. The highest BCUT2D eigenvalue weighted by Crippen LogP contribution is 2.27. The lowest BCUT2D eigenvalue weighted by atomic mass is 10.0. The van der Waals surface area contributed by atoms with Crippen molar-refractivity contribution in [1.29, 1.82) is 0 Å². The summed E-state index contributed by atoms with van der Waals surface area (Å²) in [6.07, 6.45) is 0.475. The highest BCUT2D eigenvalue weighted by Gasteiger charge is 2.12. The SMILES string of the molecule is Cc1ccc(C(C)C)c(OCC(=O)NNC(=O)CCC(=O)OCCc2ccccc2)c1. The summed E-state index contributed by atoms with van der Waals surface area (Å²) < 4.78 is 10.7. The molecule has 2 rings (SSSR count). The lowest BCUT2D eigenvalue weighted by Crippen LogP contribution is -2.44. The number of carbonyl (C=O) groups excluding carboxylic acids is 3. The molecular weight excluding hydrogens is 396 g/mol. The molecule has 166 valence electrons. The molecular formula is C24H30N2O5. The Morgan fingerprint density at radius 2 is 1.65 bits per heavy atom. The van der Waals surface area contributed by atoms with Crippen LogP contribution in [0.3, 0.4) is 0 Å². The number of ether oxygens (including phenoxy) is 2. The Morgan fingerprint density at radius 3 is 2.35 bits per heavy atom. The maximum atomic E-state index is 12.0. The minimum absolute atomic E-state index is 0.0615. The summed E-state index contributed by atoms with van der Waals surface area (Å²) in [7, 11) is 0. The molecule has 0 saturated heterocycles. The van der Waals surface area contributed by atoms with Crippen molar-refractivity contribution in [3.63, 3.8) is 0 Å². The quantitative estimate of drug-likeness (QED) is 0.449. The van der Waals surface area contributed by atoms with Crippen molar-refractivity contribution in [1.82, 2.24) is 10.9 Å². The van der Waals surface area contributed by atoms with Gasteiger partial charge in [0, 0.05) is 12.8 Å². The number of benzene rings is 2. The number of carbonyl (C=O) groups is 3. The first-order valence-corrected chi connectivity index (χ1v) is 10.4. The van der Waals surface area contributed by atoms with E-state index in [2.05, 4.69) is 10.9 Å². The van der Waals surface area contributed by atoms with Gasteiger partial charge >= 0.3 is 5.97 Å². The van der Waals surface area contributed by atoms with Crippen molar-refractivity contribution in [3.05, 3.63) is 65.2 Å². The number of hydrogen-bond donors (Lipinski definition) is 2. The minimum atomic E-state index is -0.491. The van der Waals surface area contributed by atoms with Crippen LogP contribution in [0.4, 0.5) is 0 Å². The second-order valence-corrected chi connectivity index (χ2v) is 7.54. The predicted molar refractivity (Wildman–Crippen MR) is 117 cm³/mol. The van der Waals surface area contributed by atoms with E-state index in [0.717, 1.165) is 16.7 Å². The molecule has 2 aromatic rings. The molecule has 0 radical (unpaired) electrons. The third-order valence-corrected chi connectivity index (χ3v) is 4.54. The largest absolute Gasteiger partial charge is 0.483 e. The normalized spacial score (nSPS) is 10.5. The summed E-state index contributed by atoms with van der Waals surface area (Å²) in [5.41, 5.74) is 7.68. The van der Waals surface area contributed by atoms with E-state index in [1.54, 1.807) is 0 Å². The third kappa shape index (κ3) is 8.90. The molecule has 7 heteroatoms. The molecule has 0 spiro atoms. The molecule has 0 atom stereocenters. The van der Waals surface area contributed by atoms with E-state index < -0.39 is 17.8 Å². The molecule has 2 aromatic carbocycles. The van der Waals surface area contributed by atoms with Crippen LogP contribution in [0.2, 0.25) is 0 Å². The van der Waals surface area contributed by atoms with Gasteiger partial charge in [0.25, 0.3) is 5.91 Å². The Kier molecular flexibility index (Phi) is 9.55. The van der Waals surface area contributed by atoms with Gasteiger partial charge in [-0.15, -0.1) is 0 Å². The number of aryl methyl sites for hydroxylation is 1. The molecule has 0 unspecified atom stereocenters. The van der Waals surface area contributed by atoms with Gasteiger partial charge in [-0.05, 0) is 35.6 Å². The summed E-state index contributed by atoms with van der Waals surface area (Å²) in [5, 5.41) is 0. The fraction of sp³-hybridized carbons (Fsp3) is 0.375. The van der Waals surface area contributed by atoms with E-state index >= 15 is 0 Å². The highest BCUT2D eigenvalue weighted by molar-refractivity contribution is 5.84. The first-order chi connectivity index (χ1) is 14.8. The standard InChI is InChI=1S/C24H30N2O5/c1-17(2)20-10-9-18(3)15-21(20)31-16-23(28)26-25-22(27)11-12-24(29)30-14-13-19-7-5-4-6-8-19/h4-10,15,17H,11-14,16H2,1-3H3,(H,25,27)(H,26,28). The maximum absolute atomic E-state index is 12.0. The summed E-state index contributed by atoms with van der Waals surface area (Å²) in [6, 6.07) is 15.5. The van der Waals surface area contributed by atoms with Crippen molar-refractivity contribution in [2.24, 2.45) is 0 Å². The van der Waals surface area contributed by atoms with Crippen molar-refractivity contribution in [2.75, 3.05) is 13.2 Å². The Bertz CT molecular complexity index is 881. The first kappa shape index (κ1) is 23.9. The molecule has 0 aliphatic carbocycles. The zero-order valence-corrected chi connectivity index (χ0v) is 18.3. The molecule has 0 heterocycles. The molecule has 2 amide bonds. The first-order valence-electron chi connectivity index (χ1n) is 10.4. The van der Waals surface area contributed by atoms with Gasteiger partial charge in [0.05, 0.1) is 13.0 Å². The smallest absolute Gasteiger partial charge is 0.306 e. The summed E-state index contributed by atoms with van der Waals surface area (Å²) >= 11 is 0. The van der Waals surface area contributed by atoms with Crippen LogP contribution in [0.1, 0.15) is 49.3 Å². The van der Waals surface area contributed by atoms with Crippen molar-refractivity contribution < 1.29 is 23.9 Å². The second kappa shape index (κ2) is 12.4. The zero-order valence-electron chi connectivity index (χ0n) is 18.3. The maximum Gasteiger partial charge on any atom is 0.306 e. The van der Waals surface area contributed by atoms with Gasteiger partial charge < -0.3 is 9.47 Å². The molecule has 0 saturated carbocycles. The van der Waals surface area contributed by atoms with Gasteiger partial charge in [-0.2, -0.15) is 0 Å². The summed E-state index contributed by atoms with van der Waals surface area (Å²) in [4.78, 5) is 35.5. The lowest BCUT2D eigenvalue weighted by Gasteiger charge is -2.15. The average molecular weight is 427 g/mol. The molecule has 2 N–H and O–H groups in total. The molecule has 31 heavy (non-hydrogen) atoms. The van der Waals surface area contributed by atoms with Crippen LogP contribution < -0.4 is 15.6 Å². The number of amides is 2. The van der Waals surface area contributed by atoms with Gasteiger partial charge in [-0.1, -0.05) is 56.3 Å². The van der Waals surface area contributed by atoms with Gasteiger partial charge in [-0.3, -0.25) is 25.2 Å². The average Bonchev–Trinajstić information content (AvgIpc) is 2.75. The van der Waals surface area contributed by atoms with Crippen LogP contribution in [-0.2, 0) is 25.5 Å². The van der Waals surface area contributed by atoms with E-state index in [0.29, 0.717) is 12.2 Å². The van der Waals surface area contributed by atoms with Crippen LogP contribution >= 0.6 is 0 Å². The van der Waals surface area contributed by atoms with E-state index in [4.69, 9.17) is 9.47 Å². The fourth-order valence-electron chi connectivity index (χ4n) is 2.84. The van der Waals surface area contributed by atoms with Crippen molar-refractivity contribution >= 4 is 17.8 Å². The number of hydrazine groups is 1. The Labute approximate surface area is 183 Å². The molecule has 0 aromatic heterocycles. The topological polar surface area (TPSA) is 93.7 Å². The van der Waals surface area contributed by atoms with E-state index in [1.165, 1.54) is 0 Å². The van der Waals surface area contributed by atoms with Crippen LogP contribution in [0.25, 0.3) is 0 Å². The fourth-order valence-corrected chi connectivity index (χ4v) is 2.84. The molecule has 0 aliphatic rings. The summed E-state index contributed by atoms with van der Waals surface area (Å²) in [6.45, 7) is 6.07. The van der Waals surface area contributed by atoms with Gasteiger partial charge in [0.15, 0.2) is 6.61 Å². The molecule has 0 bridgehead atoms. The van der Waals surface area contributed by atoms with E-state index in [1.807, 2.05) is 69.3 Å². The molecule has 0 aliphatic heterocycles. The molecule has 0 fully saturated rings. The third-order valence-electron chi connectivity index (χ3n) is 4.54. The lowest BCUT2D eigenvalue weighted by molar-refractivity contribution is -0.145. The number of rotatable bonds is 10. The number of hydrogen-bond acceptors (Lipinski definition) is 5. The Balaban J connectivity index is 1.63. The molecule has 7 nitrogen and oxygen atoms in total. The Morgan fingerprint density at radius 1 is 0.935 bits per heavy atom. The minimum Gasteiger partial charge on any atom is -0.483 e. The van der Waals surface area contributed by atoms with E-state index in [9.17, 15) is 14.4 Å². The van der Waals surface area contributed by atoms with Gasteiger partial charge in [0.2, 0.25) is 5.91 Å².